The largest absolute Gasteiger partial charge is 0.327 e. The molecular formula is C8H15FN2. The predicted octanol–water partition coefficient (Wildman–Crippen LogP) is 0.281. The Balaban J connectivity index is 1.91. The number of nitrogens with one attached hydrogen (secondary N) is 1. The molecule has 0 aromatic rings. The quantitative estimate of drug-likeness (QED) is 0.606. The number of rotatable bonds is 2. The molecule has 1 saturated heterocycles. The summed E-state index contributed by atoms with van der Waals surface area (Å²) in [5.41, 5.74) is 5.89. The van der Waals surface area contributed by atoms with Crippen LogP contribution >= 0.6 is 0 Å². The highest BCUT2D eigenvalue weighted by Gasteiger charge is 2.39. The fraction of sp³-hybridized carbons (Fsp3) is 1.00. The molecule has 1 saturated carbocycles. The second kappa shape index (κ2) is 2.72. The molecule has 2 aliphatic rings. The van der Waals surface area contributed by atoms with Crippen LogP contribution in [0.15, 0.2) is 0 Å². The van der Waals surface area contributed by atoms with Crippen LogP contribution in [0.4, 0.5) is 4.39 Å². The van der Waals surface area contributed by atoms with Gasteiger partial charge < -0.3 is 11.1 Å². The molecule has 0 bridgehead atoms. The van der Waals surface area contributed by atoms with Gasteiger partial charge in [-0.1, -0.05) is 0 Å². The highest BCUT2D eigenvalue weighted by Crippen LogP contribution is 2.36. The summed E-state index contributed by atoms with van der Waals surface area (Å²) in [5.74, 6) is 0.709. The van der Waals surface area contributed by atoms with Gasteiger partial charge in [-0.2, -0.15) is 0 Å². The van der Waals surface area contributed by atoms with E-state index >= 15 is 0 Å². The van der Waals surface area contributed by atoms with Crippen molar-refractivity contribution in [2.75, 3.05) is 13.1 Å². The Labute approximate surface area is 66.3 Å². The van der Waals surface area contributed by atoms with Gasteiger partial charge in [0.15, 0.2) is 0 Å². The summed E-state index contributed by atoms with van der Waals surface area (Å²) in [5, 5.41) is 3.03. The summed E-state index contributed by atoms with van der Waals surface area (Å²) in [6.45, 7) is 1.28. The first-order chi connectivity index (χ1) is 5.29. The van der Waals surface area contributed by atoms with Gasteiger partial charge in [0, 0.05) is 25.0 Å². The molecule has 3 heteroatoms. The Bertz CT molecular complexity index is 147. The zero-order chi connectivity index (χ0) is 7.84. The molecule has 0 radical (unpaired) electrons. The van der Waals surface area contributed by atoms with Crippen LogP contribution in [0.5, 0.6) is 0 Å². The van der Waals surface area contributed by atoms with Crippen LogP contribution in [0.2, 0.25) is 0 Å². The Morgan fingerprint density at radius 3 is 2.55 bits per heavy atom. The second-order valence-electron chi connectivity index (χ2n) is 3.75. The average Bonchev–Trinajstić information content (AvgIpc) is 2.74. The normalized spacial score (nSPS) is 40.9. The maximum Gasteiger partial charge on any atom is 0.118 e. The molecule has 1 unspecified atom stereocenters. The molecule has 11 heavy (non-hydrogen) atoms. The Hall–Kier alpha value is -0.150. The van der Waals surface area contributed by atoms with Crippen LogP contribution in [0.1, 0.15) is 12.8 Å². The minimum atomic E-state index is -0.703. The molecule has 2 rings (SSSR count). The summed E-state index contributed by atoms with van der Waals surface area (Å²) in [4.78, 5) is 0. The summed E-state index contributed by atoms with van der Waals surface area (Å²) >= 11 is 0. The number of alkyl halides is 1. The lowest BCUT2D eigenvalue weighted by Crippen LogP contribution is -2.37. The molecule has 3 N–H and O–H groups in total. The van der Waals surface area contributed by atoms with Gasteiger partial charge >= 0.3 is 0 Å². The molecule has 64 valence electrons. The lowest BCUT2D eigenvalue weighted by molar-refractivity contribution is 0.241. The Morgan fingerprint density at radius 2 is 2.09 bits per heavy atom. The van der Waals surface area contributed by atoms with Gasteiger partial charge in [0.05, 0.1) is 0 Å². The third kappa shape index (κ3) is 1.40. The fourth-order valence-corrected chi connectivity index (χ4v) is 1.88. The molecule has 0 amide bonds. The summed E-state index contributed by atoms with van der Waals surface area (Å²) < 4.78 is 13.1. The first-order valence-corrected chi connectivity index (χ1v) is 4.39. The smallest absolute Gasteiger partial charge is 0.118 e. The van der Waals surface area contributed by atoms with Crippen molar-refractivity contribution >= 4 is 0 Å². The van der Waals surface area contributed by atoms with Gasteiger partial charge in [0.1, 0.15) is 6.17 Å². The van der Waals surface area contributed by atoms with Crippen molar-refractivity contribution in [2.45, 2.75) is 25.1 Å². The standard InChI is InChI=1S/C8H15FN2/c9-7-4-11-3-6(7)8(10)5-1-2-5/h5-8,11H,1-4,10H2/t6-,7+,8?/m0/s1. The predicted molar refractivity (Wildman–Crippen MR) is 42.0 cm³/mol. The zero-order valence-electron chi connectivity index (χ0n) is 6.59. The van der Waals surface area contributed by atoms with Crippen LogP contribution in [0.25, 0.3) is 0 Å². The Morgan fingerprint density at radius 1 is 1.36 bits per heavy atom. The van der Waals surface area contributed by atoms with E-state index in [9.17, 15) is 4.39 Å². The SMILES string of the molecule is NC(C1CC1)[C@H]1CNC[C@H]1F. The van der Waals surface area contributed by atoms with Gasteiger partial charge in [0.25, 0.3) is 0 Å². The third-order valence-electron chi connectivity index (χ3n) is 2.84. The lowest BCUT2D eigenvalue weighted by Gasteiger charge is -2.19. The average molecular weight is 158 g/mol. The van der Waals surface area contributed by atoms with E-state index in [0.29, 0.717) is 12.5 Å². The van der Waals surface area contributed by atoms with Crippen LogP contribution in [0, 0.1) is 11.8 Å². The topological polar surface area (TPSA) is 38.0 Å². The summed E-state index contributed by atoms with van der Waals surface area (Å²) in [7, 11) is 0. The monoisotopic (exact) mass is 158 g/mol. The first kappa shape index (κ1) is 7.50. The molecule has 1 aliphatic heterocycles. The third-order valence-corrected chi connectivity index (χ3v) is 2.84. The first-order valence-electron chi connectivity index (χ1n) is 4.39. The molecule has 3 atom stereocenters. The van der Waals surface area contributed by atoms with E-state index in [1.54, 1.807) is 0 Å². The minimum Gasteiger partial charge on any atom is -0.327 e. The van der Waals surface area contributed by atoms with Crippen molar-refractivity contribution in [3.8, 4) is 0 Å². The van der Waals surface area contributed by atoms with Crippen LogP contribution in [0.3, 0.4) is 0 Å². The van der Waals surface area contributed by atoms with E-state index in [1.165, 1.54) is 12.8 Å². The molecular weight excluding hydrogens is 143 g/mol. The molecule has 2 nitrogen and oxygen atoms in total. The number of hydrogen-bond donors (Lipinski definition) is 2. The Kier molecular flexibility index (Phi) is 1.85. The molecule has 0 spiro atoms. The highest BCUT2D eigenvalue weighted by molar-refractivity contribution is 4.95. The van der Waals surface area contributed by atoms with Gasteiger partial charge in [-0.25, -0.2) is 4.39 Å². The molecule has 1 aliphatic carbocycles. The maximum absolute atomic E-state index is 13.1. The fourth-order valence-electron chi connectivity index (χ4n) is 1.88. The zero-order valence-corrected chi connectivity index (χ0v) is 6.59. The molecule has 0 aromatic carbocycles. The van der Waals surface area contributed by atoms with Gasteiger partial charge in [0.2, 0.25) is 0 Å². The second-order valence-corrected chi connectivity index (χ2v) is 3.75. The van der Waals surface area contributed by atoms with E-state index in [-0.39, 0.29) is 12.0 Å². The van der Waals surface area contributed by atoms with Crippen molar-refractivity contribution in [2.24, 2.45) is 17.6 Å². The van der Waals surface area contributed by atoms with Crippen molar-refractivity contribution in [3.05, 3.63) is 0 Å². The van der Waals surface area contributed by atoms with Crippen molar-refractivity contribution < 1.29 is 4.39 Å². The van der Waals surface area contributed by atoms with Gasteiger partial charge in [-0.15, -0.1) is 0 Å². The summed E-state index contributed by atoms with van der Waals surface area (Å²) in [6, 6.07) is 0.111. The lowest BCUT2D eigenvalue weighted by atomic mass is 9.94. The molecule has 0 aromatic heterocycles. The van der Waals surface area contributed by atoms with Crippen LogP contribution in [-0.4, -0.2) is 25.3 Å². The van der Waals surface area contributed by atoms with E-state index in [4.69, 9.17) is 5.73 Å². The summed E-state index contributed by atoms with van der Waals surface area (Å²) in [6.07, 6.45) is 1.72. The van der Waals surface area contributed by atoms with Gasteiger partial charge in [-0.3, -0.25) is 0 Å². The van der Waals surface area contributed by atoms with Crippen LogP contribution in [-0.2, 0) is 0 Å². The van der Waals surface area contributed by atoms with Crippen LogP contribution < -0.4 is 11.1 Å². The van der Waals surface area contributed by atoms with Crippen molar-refractivity contribution in [1.82, 2.24) is 5.32 Å². The highest BCUT2D eigenvalue weighted by atomic mass is 19.1. The number of nitrogens with two attached hydrogens (primary N) is 1. The van der Waals surface area contributed by atoms with Crippen molar-refractivity contribution in [1.29, 1.82) is 0 Å². The minimum absolute atomic E-state index is 0.0856. The number of halogens is 1. The maximum atomic E-state index is 13.1. The molecule has 2 fully saturated rings. The van der Waals surface area contributed by atoms with E-state index in [0.717, 1.165) is 6.54 Å². The van der Waals surface area contributed by atoms with Gasteiger partial charge in [-0.05, 0) is 18.8 Å². The number of hydrogen-bond acceptors (Lipinski definition) is 2. The van der Waals surface area contributed by atoms with E-state index in [1.807, 2.05) is 0 Å². The van der Waals surface area contributed by atoms with Crippen molar-refractivity contribution in [3.63, 3.8) is 0 Å². The van der Waals surface area contributed by atoms with E-state index < -0.39 is 6.17 Å². The van der Waals surface area contributed by atoms with E-state index in [2.05, 4.69) is 5.32 Å². The molecule has 1 heterocycles.